The summed E-state index contributed by atoms with van der Waals surface area (Å²) in [6.07, 6.45) is 4.20. The van der Waals surface area contributed by atoms with E-state index < -0.39 is 5.97 Å². The summed E-state index contributed by atoms with van der Waals surface area (Å²) in [6.45, 7) is 2.09. The number of aromatic carboxylic acids is 1. The van der Waals surface area contributed by atoms with E-state index >= 15 is 0 Å². The van der Waals surface area contributed by atoms with Gasteiger partial charge in [0.15, 0.2) is 0 Å². The molecule has 0 spiro atoms. The summed E-state index contributed by atoms with van der Waals surface area (Å²) in [5.74, 6) is -0.156. The zero-order chi connectivity index (χ0) is 16.7. The monoisotopic (exact) mass is 333 g/mol. The van der Waals surface area contributed by atoms with Crippen LogP contribution in [0.5, 0.6) is 0 Å². The molecule has 1 N–H and O–H groups in total. The largest absolute Gasteiger partial charge is 0.478 e. The number of halogens is 1. The van der Waals surface area contributed by atoms with Gasteiger partial charge in [-0.3, -0.25) is 4.98 Å². The van der Waals surface area contributed by atoms with Crippen LogP contribution in [0.3, 0.4) is 0 Å². The van der Waals surface area contributed by atoms with Crippen molar-refractivity contribution in [1.29, 1.82) is 0 Å². The van der Waals surface area contributed by atoms with Gasteiger partial charge < -0.3 is 5.11 Å². The Morgan fingerprint density at radius 1 is 1.30 bits per heavy atom. The number of hydrogen-bond donors (Lipinski definition) is 1. The normalized spacial score (nSPS) is 12.1. The minimum absolute atomic E-state index is 0.207. The molecular formula is C18H20FNO2S. The molecule has 1 unspecified atom stereocenters. The Labute approximate surface area is 140 Å². The van der Waals surface area contributed by atoms with Crippen molar-refractivity contribution < 1.29 is 14.3 Å². The first-order chi connectivity index (χ1) is 11.1. The number of carboxylic acid groups (broad SMARTS) is 1. The summed E-state index contributed by atoms with van der Waals surface area (Å²) >= 11 is 1.81. The number of thioether (sulfide) groups is 1. The fourth-order valence-electron chi connectivity index (χ4n) is 2.34. The van der Waals surface area contributed by atoms with Crippen molar-refractivity contribution in [3.05, 3.63) is 65.2 Å². The van der Waals surface area contributed by atoms with E-state index in [1.165, 1.54) is 12.1 Å². The molecule has 0 radical (unpaired) electrons. The number of pyridine rings is 1. The second-order valence-electron chi connectivity index (χ2n) is 5.42. The maximum Gasteiger partial charge on any atom is 0.337 e. The maximum absolute atomic E-state index is 12.8. The van der Waals surface area contributed by atoms with Gasteiger partial charge in [0.05, 0.1) is 11.3 Å². The van der Waals surface area contributed by atoms with Crippen LogP contribution in [0.2, 0.25) is 0 Å². The molecule has 0 amide bonds. The molecule has 1 aromatic carbocycles. The van der Waals surface area contributed by atoms with Gasteiger partial charge in [-0.25, -0.2) is 9.18 Å². The lowest BCUT2D eigenvalue weighted by molar-refractivity contribution is 0.0695. The number of benzene rings is 1. The van der Waals surface area contributed by atoms with Crippen LogP contribution >= 0.6 is 11.8 Å². The number of rotatable bonds is 8. The van der Waals surface area contributed by atoms with Crippen LogP contribution in [0.1, 0.15) is 35.0 Å². The van der Waals surface area contributed by atoms with E-state index in [2.05, 4.69) is 11.9 Å². The third-order valence-electron chi connectivity index (χ3n) is 3.53. The van der Waals surface area contributed by atoms with Crippen LogP contribution in [0, 0.1) is 5.82 Å². The Morgan fingerprint density at radius 2 is 2.04 bits per heavy atom. The van der Waals surface area contributed by atoms with Gasteiger partial charge in [0.1, 0.15) is 5.82 Å². The van der Waals surface area contributed by atoms with Crippen molar-refractivity contribution >= 4 is 17.7 Å². The van der Waals surface area contributed by atoms with Crippen LogP contribution in [0.15, 0.2) is 42.6 Å². The molecule has 0 saturated carbocycles. The SMILES string of the molecule is CC(Cc1ncccc1C(=O)O)SCCCc1ccc(F)cc1. The average Bonchev–Trinajstić information content (AvgIpc) is 2.53. The predicted octanol–water partition coefficient (Wildman–Crippen LogP) is 4.22. The quantitative estimate of drug-likeness (QED) is 0.735. The van der Waals surface area contributed by atoms with Gasteiger partial charge in [-0.2, -0.15) is 11.8 Å². The molecule has 1 atom stereocenters. The minimum Gasteiger partial charge on any atom is -0.478 e. The van der Waals surface area contributed by atoms with Gasteiger partial charge >= 0.3 is 5.97 Å². The third kappa shape index (κ3) is 5.67. The molecule has 2 aromatic rings. The molecule has 0 fully saturated rings. The first-order valence-corrected chi connectivity index (χ1v) is 8.64. The van der Waals surface area contributed by atoms with Gasteiger partial charge in [-0.1, -0.05) is 19.1 Å². The molecule has 122 valence electrons. The highest BCUT2D eigenvalue weighted by molar-refractivity contribution is 7.99. The van der Waals surface area contributed by atoms with Crippen molar-refractivity contribution in [2.45, 2.75) is 31.4 Å². The second kappa shape index (κ2) is 8.67. The molecule has 2 rings (SSSR count). The Bertz CT molecular complexity index is 646. The van der Waals surface area contributed by atoms with Crippen LogP contribution in [0.25, 0.3) is 0 Å². The van der Waals surface area contributed by atoms with Crippen molar-refractivity contribution in [3.63, 3.8) is 0 Å². The van der Waals surface area contributed by atoms with E-state index in [-0.39, 0.29) is 11.4 Å². The van der Waals surface area contributed by atoms with Crippen molar-refractivity contribution in [1.82, 2.24) is 4.98 Å². The molecule has 23 heavy (non-hydrogen) atoms. The van der Waals surface area contributed by atoms with E-state index in [9.17, 15) is 9.18 Å². The molecule has 3 nitrogen and oxygen atoms in total. The van der Waals surface area contributed by atoms with Gasteiger partial charge in [0.2, 0.25) is 0 Å². The number of carbonyl (C=O) groups is 1. The predicted molar refractivity (Wildman–Crippen MR) is 91.5 cm³/mol. The number of aromatic nitrogens is 1. The number of aryl methyl sites for hydroxylation is 1. The summed E-state index contributed by atoms with van der Waals surface area (Å²) in [6, 6.07) is 9.84. The van der Waals surface area contributed by atoms with Gasteiger partial charge in [-0.05, 0) is 48.4 Å². The molecule has 1 aromatic heterocycles. The zero-order valence-corrected chi connectivity index (χ0v) is 13.9. The van der Waals surface area contributed by atoms with Crippen LogP contribution in [-0.2, 0) is 12.8 Å². The Kier molecular flexibility index (Phi) is 6.59. The highest BCUT2D eigenvalue weighted by atomic mass is 32.2. The maximum atomic E-state index is 12.8. The smallest absolute Gasteiger partial charge is 0.337 e. The van der Waals surface area contributed by atoms with Gasteiger partial charge in [0.25, 0.3) is 0 Å². The highest BCUT2D eigenvalue weighted by Gasteiger charge is 2.13. The Morgan fingerprint density at radius 3 is 2.74 bits per heavy atom. The van der Waals surface area contributed by atoms with E-state index in [1.54, 1.807) is 18.3 Å². The van der Waals surface area contributed by atoms with Gasteiger partial charge in [0, 0.05) is 17.9 Å². The zero-order valence-electron chi connectivity index (χ0n) is 13.0. The van der Waals surface area contributed by atoms with Crippen molar-refractivity contribution in [2.75, 3.05) is 5.75 Å². The molecule has 0 bridgehead atoms. The third-order valence-corrected chi connectivity index (χ3v) is 4.79. The average molecular weight is 333 g/mol. The summed E-state index contributed by atoms with van der Waals surface area (Å²) in [4.78, 5) is 15.4. The summed E-state index contributed by atoms with van der Waals surface area (Å²) < 4.78 is 12.8. The molecule has 1 heterocycles. The minimum atomic E-state index is -0.929. The lowest BCUT2D eigenvalue weighted by atomic mass is 10.1. The topological polar surface area (TPSA) is 50.2 Å². The van der Waals surface area contributed by atoms with Crippen molar-refractivity contribution in [2.24, 2.45) is 0 Å². The summed E-state index contributed by atoms with van der Waals surface area (Å²) in [5, 5.41) is 9.47. The van der Waals surface area contributed by atoms with E-state index in [1.807, 2.05) is 23.9 Å². The molecule has 0 saturated heterocycles. The fourth-order valence-corrected chi connectivity index (χ4v) is 3.33. The lowest BCUT2D eigenvalue weighted by Gasteiger charge is -2.12. The number of carboxylic acids is 1. The summed E-state index contributed by atoms with van der Waals surface area (Å²) in [7, 11) is 0. The van der Waals surface area contributed by atoms with Crippen molar-refractivity contribution in [3.8, 4) is 0 Å². The highest BCUT2D eigenvalue weighted by Crippen LogP contribution is 2.19. The molecule has 0 aliphatic heterocycles. The first kappa shape index (κ1) is 17.5. The van der Waals surface area contributed by atoms with Crippen LogP contribution in [0.4, 0.5) is 4.39 Å². The molecule has 0 aliphatic carbocycles. The molecule has 0 aliphatic rings. The fraction of sp³-hybridized carbons (Fsp3) is 0.333. The Balaban J connectivity index is 1.76. The molecular weight excluding hydrogens is 313 g/mol. The van der Waals surface area contributed by atoms with Crippen LogP contribution in [-0.4, -0.2) is 27.1 Å². The number of nitrogens with zero attached hydrogens (tertiary/aromatic N) is 1. The Hall–Kier alpha value is -1.88. The molecule has 5 heteroatoms. The summed E-state index contributed by atoms with van der Waals surface area (Å²) in [5.41, 5.74) is 2.06. The lowest BCUT2D eigenvalue weighted by Crippen LogP contribution is -2.10. The van der Waals surface area contributed by atoms with E-state index in [4.69, 9.17) is 5.11 Å². The van der Waals surface area contributed by atoms with Crippen LogP contribution < -0.4 is 0 Å². The van der Waals surface area contributed by atoms with E-state index in [0.29, 0.717) is 17.4 Å². The van der Waals surface area contributed by atoms with E-state index in [0.717, 1.165) is 24.2 Å². The number of hydrogen-bond acceptors (Lipinski definition) is 3. The van der Waals surface area contributed by atoms with Gasteiger partial charge in [-0.15, -0.1) is 0 Å². The standard InChI is InChI=1S/C18H20FNO2S/c1-13(12-17-16(18(21)22)5-2-10-20-17)23-11-3-4-14-6-8-15(19)9-7-14/h2,5-10,13H,3-4,11-12H2,1H3,(H,21,22). The first-order valence-electron chi connectivity index (χ1n) is 7.59. The second-order valence-corrected chi connectivity index (χ2v) is 6.96.